The number of likely N-dealkylation sites (tertiary alicyclic amines) is 1. The lowest BCUT2D eigenvalue weighted by Gasteiger charge is -2.31. The number of hydrogen-bond donors (Lipinski definition) is 2. The highest BCUT2D eigenvalue weighted by Gasteiger charge is 2.24. The van der Waals surface area contributed by atoms with Crippen LogP contribution in [0.3, 0.4) is 0 Å². The molecule has 3 rings (SSSR count). The number of anilines is 2. The van der Waals surface area contributed by atoms with E-state index >= 15 is 0 Å². The van der Waals surface area contributed by atoms with Gasteiger partial charge >= 0.3 is 6.09 Å². The Morgan fingerprint density at radius 3 is 2.64 bits per heavy atom. The van der Waals surface area contributed by atoms with Crippen LogP contribution in [-0.2, 0) is 11.3 Å². The minimum atomic E-state index is -0.250. The van der Waals surface area contributed by atoms with Gasteiger partial charge in [-0.1, -0.05) is 12.1 Å². The van der Waals surface area contributed by atoms with Crippen molar-refractivity contribution in [1.82, 2.24) is 14.9 Å². The van der Waals surface area contributed by atoms with Gasteiger partial charge in [-0.15, -0.1) is 0 Å². The van der Waals surface area contributed by atoms with E-state index in [1.54, 1.807) is 17.0 Å². The molecule has 0 bridgehead atoms. The molecule has 1 fully saturated rings. The number of halogens is 1. The molecular weight excluding hydrogens is 361 g/mol. The van der Waals surface area contributed by atoms with E-state index in [-0.39, 0.29) is 18.0 Å². The second kappa shape index (κ2) is 9.34. The summed E-state index contributed by atoms with van der Waals surface area (Å²) >= 11 is 0. The first-order valence-corrected chi connectivity index (χ1v) is 9.55. The number of carbonyl (C=O) groups excluding carboxylic acids is 1. The van der Waals surface area contributed by atoms with Crippen LogP contribution in [0.4, 0.5) is 21.0 Å². The van der Waals surface area contributed by atoms with E-state index in [1.807, 2.05) is 19.9 Å². The minimum absolute atomic E-state index is 0.206. The summed E-state index contributed by atoms with van der Waals surface area (Å²) in [4.78, 5) is 22.5. The Bertz CT molecular complexity index is 792. The van der Waals surface area contributed by atoms with Gasteiger partial charge < -0.3 is 20.3 Å². The Morgan fingerprint density at radius 1 is 1.25 bits per heavy atom. The molecule has 0 spiro atoms. The first-order chi connectivity index (χ1) is 13.5. The summed E-state index contributed by atoms with van der Waals surface area (Å²) in [5, 5.41) is 6.62. The third-order valence-corrected chi connectivity index (χ3v) is 4.60. The molecule has 150 valence electrons. The average Bonchev–Trinajstić information content (AvgIpc) is 2.68. The van der Waals surface area contributed by atoms with Gasteiger partial charge in [0.05, 0.1) is 6.61 Å². The number of nitrogens with one attached hydrogen (secondary N) is 2. The van der Waals surface area contributed by atoms with Gasteiger partial charge in [0.1, 0.15) is 11.6 Å². The van der Waals surface area contributed by atoms with E-state index in [0.717, 1.165) is 24.1 Å². The Kier molecular flexibility index (Phi) is 6.62. The average molecular weight is 387 g/mol. The Morgan fingerprint density at radius 2 is 1.96 bits per heavy atom. The molecule has 1 aliphatic rings. The van der Waals surface area contributed by atoms with Crippen molar-refractivity contribution in [3.63, 3.8) is 0 Å². The zero-order valence-corrected chi connectivity index (χ0v) is 16.2. The largest absolute Gasteiger partial charge is 0.450 e. The predicted molar refractivity (Wildman–Crippen MR) is 106 cm³/mol. The van der Waals surface area contributed by atoms with Crippen LogP contribution in [0.25, 0.3) is 0 Å². The second-order valence-electron chi connectivity index (χ2n) is 6.80. The lowest BCUT2D eigenvalue weighted by atomic mass is 10.1. The topological polar surface area (TPSA) is 79.4 Å². The smallest absolute Gasteiger partial charge is 0.409 e. The molecule has 2 heterocycles. The Hall–Kier alpha value is -2.90. The van der Waals surface area contributed by atoms with E-state index in [4.69, 9.17) is 4.74 Å². The van der Waals surface area contributed by atoms with Crippen LogP contribution in [0.5, 0.6) is 0 Å². The van der Waals surface area contributed by atoms with Crippen LogP contribution < -0.4 is 10.6 Å². The number of piperidine rings is 1. The standard InChI is InChI=1S/C20H26FN5O2/c1-3-28-20(27)26-10-8-17(9-11-26)24-19-23-14(2)12-18(25-19)22-13-15-4-6-16(21)7-5-15/h4-7,12,17H,3,8-11,13H2,1-2H3,(H2,22,23,24,25). The van der Waals surface area contributed by atoms with E-state index in [0.29, 0.717) is 38.0 Å². The summed E-state index contributed by atoms with van der Waals surface area (Å²) in [7, 11) is 0. The van der Waals surface area contributed by atoms with Crippen molar-refractivity contribution < 1.29 is 13.9 Å². The van der Waals surface area contributed by atoms with Crippen molar-refractivity contribution in [3.8, 4) is 0 Å². The van der Waals surface area contributed by atoms with Gasteiger partial charge in [0, 0.05) is 37.4 Å². The molecule has 0 aliphatic carbocycles. The van der Waals surface area contributed by atoms with Crippen molar-refractivity contribution in [3.05, 3.63) is 47.4 Å². The number of ether oxygens (including phenoxy) is 1. The fourth-order valence-electron chi connectivity index (χ4n) is 3.12. The Labute approximate surface area is 164 Å². The van der Waals surface area contributed by atoms with E-state index < -0.39 is 0 Å². The first-order valence-electron chi connectivity index (χ1n) is 9.55. The van der Waals surface area contributed by atoms with Gasteiger partial charge in [-0.3, -0.25) is 0 Å². The van der Waals surface area contributed by atoms with Crippen molar-refractivity contribution in [2.24, 2.45) is 0 Å². The molecule has 28 heavy (non-hydrogen) atoms. The zero-order valence-electron chi connectivity index (χ0n) is 16.2. The molecule has 0 unspecified atom stereocenters. The minimum Gasteiger partial charge on any atom is -0.450 e. The maximum atomic E-state index is 13.0. The van der Waals surface area contributed by atoms with Crippen molar-refractivity contribution >= 4 is 17.9 Å². The molecule has 8 heteroatoms. The van der Waals surface area contributed by atoms with Crippen LogP contribution in [0, 0.1) is 12.7 Å². The number of nitrogens with zero attached hydrogens (tertiary/aromatic N) is 3. The lowest BCUT2D eigenvalue weighted by molar-refractivity contribution is 0.0983. The summed E-state index contributed by atoms with van der Waals surface area (Å²) < 4.78 is 18.1. The highest BCUT2D eigenvalue weighted by Crippen LogP contribution is 2.17. The number of benzene rings is 1. The molecule has 1 aromatic carbocycles. The third-order valence-electron chi connectivity index (χ3n) is 4.60. The fourth-order valence-corrected chi connectivity index (χ4v) is 3.12. The maximum absolute atomic E-state index is 13.0. The molecule has 2 N–H and O–H groups in total. The van der Waals surface area contributed by atoms with Crippen molar-refractivity contribution in [2.75, 3.05) is 30.3 Å². The molecule has 0 radical (unpaired) electrons. The molecule has 0 atom stereocenters. The molecule has 0 saturated carbocycles. The molecule has 1 aromatic heterocycles. The normalized spacial score (nSPS) is 14.6. The second-order valence-corrected chi connectivity index (χ2v) is 6.80. The number of rotatable bonds is 6. The van der Waals surface area contributed by atoms with E-state index in [9.17, 15) is 9.18 Å². The van der Waals surface area contributed by atoms with Gasteiger partial charge in [-0.25, -0.2) is 14.2 Å². The molecule has 1 saturated heterocycles. The van der Waals surface area contributed by atoms with E-state index in [2.05, 4.69) is 20.6 Å². The highest BCUT2D eigenvalue weighted by atomic mass is 19.1. The zero-order chi connectivity index (χ0) is 19.9. The third kappa shape index (κ3) is 5.55. The molecule has 1 amide bonds. The van der Waals surface area contributed by atoms with Gasteiger partial charge in [-0.05, 0) is 44.4 Å². The number of hydrogen-bond acceptors (Lipinski definition) is 6. The molecule has 7 nitrogen and oxygen atoms in total. The van der Waals surface area contributed by atoms with Crippen molar-refractivity contribution in [1.29, 1.82) is 0 Å². The fraction of sp³-hybridized carbons (Fsp3) is 0.450. The SMILES string of the molecule is CCOC(=O)N1CCC(Nc2nc(C)cc(NCc3ccc(F)cc3)n2)CC1. The van der Waals surface area contributed by atoms with Crippen LogP contribution in [-0.4, -0.2) is 46.7 Å². The van der Waals surface area contributed by atoms with Crippen LogP contribution >= 0.6 is 0 Å². The van der Waals surface area contributed by atoms with E-state index in [1.165, 1.54) is 12.1 Å². The van der Waals surface area contributed by atoms with Gasteiger partial charge in [-0.2, -0.15) is 4.98 Å². The van der Waals surface area contributed by atoms with Crippen LogP contribution in [0.2, 0.25) is 0 Å². The first kappa shape index (κ1) is 19.9. The summed E-state index contributed by atoms with van der Waals surface area (Å²) in [5.74, 6) is 1.03. The number of aromatic nitrogens is 2. The summed E-state index contributed by atoms with van der Waals surface area (Å²) in [6.07, 6.45) is 1.38. The van der Waals surface area contributed by atoms with Gasteiger partial charge in [0.25, 0.3) is 0 Å². The van der Waals surface area contributed by atoms with Gasteiger partial charge in [0.15, 0.2) is 0 Å². The number of aryl methyl sites for hydroxylation is 1. The quantitative estimate of drug-likeness (QED) is 0.789. The summed E-state index contributed by atoms with van der Waals surface area (Å²) in [6.45, 7) is 5.97. The Balaban J connectivity index is 1.55. The number of amides is 1. The number of carbonyl (C=O) groups is 1. The molecule has 1 aliphatic heterocycles. The maximum Gasteiger partial charge on any atom is 0.409 e. The van der Waals surface area contributed by atoms with Crippen LogP contribution in [0.1, 0.15) is 31.0 Å². The van der Waals surface area contributed by atoms with Crippen molar-refractivity contribution in [2.45, 2.75) is 39.3 Å². The highest BCUT2D eigenvalue weighted by molar-refractivity contribution is 5.67. The summed E-state index contributed by atoms with van der Waals surface area (Å²) in [5.41, 5.74) is 1.82. The predicted octanol–water partition coefficient (Wildman–Crippen LogP) is 3.57. The molecule has 2 aromatic rings. The summed E-state index contributed by atoms with van der Waals surface area (Å²) in [6, 6.07) is 8.45. The lowest BCUT2D eigenvalue weighted by Crippen LogP contribution is -2.42. The van der Waals surface area contributed by atoms with Gasteiger partial charge in [0.2, 0.25) is 5.95 Å². The van der Waals surface area contributed by atoms with Crippen LogP contribution in [0.15, 0.2) is 30.3 Å². The monoisotopic (exact) mass is 387 g/mol. The molecular formula is C20H26FN5O2.